The van der Waals surface area contributed by atoms with Gasteiger partial charge in [0, 0.05) is 112 Å². The van der Waals surface area contributed by atoms with Crippen molar-refractivity contribution in [2.45, 2.75) is 13.1 Å². The van der Waals surface area contributed by atoms with Gasteiger partial charge in [0.1, 0.15) is 0 Å². The third-order valence-corrected chi connectivity index (χ3v) is 9.61. The molecule has 0 radical (unpaired) electrons. The standard InChI is InChI=1S/C28H29N7O.C13H17ClN2O/c1-34-14-16-35(17-15-34)20-21-7-9-22(10-8-21)27(36)31-24-5-2-6-25(18-24)32-28-30-13-11-26(33-28)23-4-3-12-29-19-23;1-15-6-8-16(9-7-15)10-11-2-4-12(5-3-11)13(14)17/h2-13,18-19H,14-17,20H2,1H3,(H,31,36)(H,30,32,33);2-5H,6-10H2,1H3. The number of aromatic nitrogens is 3. The van der Waals surface area contributed by atoms with Crippen LogP contribution in [0, 0.1) is 0 Å². The highest BCUT2D eigenvalue weighted by Crippen LogP contribution is 2.22. The molecule has 0 spiro atoms. The second kappa shape index (κ2) is 18.6. The molecule has 11 nitrogen and oxygen atoms in total. The molecular weight excluding hydrogens is 686 g/mol. The van der Waals surface area contributed by atoms with E-state index in [0.717, 1.165) is 82.4 Å². The minimum absolute atomic E-state index is 0.145. The molecule has 2 N–H and O–H groups in total. The van der Waals surface area contributed by atoms with E-state index in [0.29, 0.717) is 22.8 Å². The number of amides is 1. The fourth-order valence-electron chi connectivity index (χ4n) is 6.13. The van der Waals surface area contributed by atoms with E-state index in [4.69, 9.17) is 11.6 Å². The van der Waals surface area contributed by atoms with E-state index >= 15 is 0 Å². The van der Waals surface area contributed by atoms with E-state index in [1.54, 1.807) is 30.7 Å². The summed E-state index contributed by atoms with van der Waals surface area (Å²) in [6.07, 6.45) is 5.20. The molecule has 0 atom stereocenters. The Morgan fingerprint density at radius 3 is 1.83 bits per heavy atom. The number of hydrogen-bond acceptors (Lipinski definition) is 10. The number of anilines is 3. The van der Waals surface area contributed by atoms with Crippen LogP contribution in [0.3, 0.4) is 0 Å². The Bertz CT molecular complexity index is 1930. The second-order valence-electron chi connectivity index (χ2n) is 13.5. The van der Waals surface area contributed by atoms with Crippen LogP contribution >= 0.6 is 11.6 Å². The van der Waals surface area contributed by atoms with Crippen LogP contribution in [-0.4, -0.2) is 112 Å². The van der Waals surface area contributed by atoms with Crippen molar-refractivity contribution in [1.29, 1.82) is 0 Å². The number of benzene rings is 3. The number of nitrogens with one attached hydrogen (secondary N) is 2. The fourth-order valence-corrected chi connectivity index (χ4v) is 6.26. The van der Waals surface area contributed by atoms with Gasteiger partial charge in [0.2, 0.25) is 5.95 Å². The summed E-state index contributed by atoms with van der Waals surface area (Å²) in [5, 5.41) is 5.81. The van der Waals surface area contributed by atoms with Gasteiger partial charge in [-0.2, -0.15) is 0 Å². The number of hydrogen-bond donors (Lipinski definition) is 2. The number of nitrogens with zero attached hydrogens (tertiary/aromatic N) is 7. The van der Waals surface area contributed by atoms with E-state index in [1.807, 2.05) is 78.9 Å². The zero-order chi connectivity index (χ0) is 37.0. The topological polar surface area (TPSA) is 110 Å². The molecule has 0 aliphatic carbocycles. The molecule has 0 unspecified atom stereocenters. The molecule has 0 saturated carbocycles. The van der Waals surface area contributed by atoms with E-state index in [-0.39, 0.29) is 5.91 Å². The number of likely N-dealkylation sites (N-methyl/N-ethyl adjacent to an activating group) is 2. The molecular formula is C41H46ClN9O2. The van der Waals surface area contributed by atoms with Crippen molar-refractivity contribution in [3.05, 3.63) is 132 Å². The Balaban J connectivity index is 0.000000236. The molecule has 7 rings (SSSR count). The Hall–Kier alpha value is -5.04. The third-order valence-electron chi connectivity index (χ3n) is 9.39. The van der Waals surface area contributed by atoms with Gasteiger partial charge in [-0.05, 0) is 97.5 Å². The molecule has 0 bridgehead atoms. The number of rotatable bonds is 10. The Morgan fingerprint density at radius 1 is 0.679 bits per heavy atom. The lowest BCUT2D eigenvalue weighted by Crippen LogP contribution is -2.43. The van der Waals surface area contributed by atoms with Gasteiger partial charge in [-0.3, -0.25) is 24.4 Å². The maximum Gasteiger partial charge on any atom is 0.255 e. The average Bonchev–Trinajstić information content (AvgIpc) is 3.18. The molecule has 53 heavy (non-hydrogen) atoms. The quantitative estimate of drug-likeness (QED) is 0.164. The van der Waals surface area contributed by atoms with E-state index in [2.05, 4.69) is 59.3 Å². The van der Waals surface area contributed by atoms with Crippen molar-refractivity contribution in [1.82, 2.24) is 34.6 Å². The van der Waals surface area contributed by atoms with Crippen LogP contribution in [0.25, 0.3) is 11.3 Å². The van der Waals surface area contributed by atoms with Crippen LogP contribution in [0.2, 0.25) is 0 Å². The second-order valence-corrected chi connectivity index (χ2v) is 13.8. The summed E-state index contributed by atoms with van der Waals surface area (Å²) in [5.74, 6) is 0.323. The summed E-state index contributed by atoms with van der Waals surface area (Å²) in [6, 6.07) is 28.6. The molecule has 1 amide bonds. The lowest BCUT2D eigenvalue weighted by molar-refractivity contribution is 0.102. The van der Waals surface area contributed by atoms with Crippen LogP contribution < -0.4 is 10.6 Å². The van der Waals surface area contributed by atoms with Gasteiger partial charge in [0.15, 0.2) is 0 Å². The highest BCUT2D eigenvalue weighted by atomic mass is 35.5. The highest BCUT2D eigenvalue weighted by Gasteiger charge is 2.15. The largest absolute Gasteiger partial charge is 0.324 e. The minimum Gasteiger partial charge on any atom is -0.324 e. The van der Waals surface area contributed by atoms with Crippen molar-refractivity contribution >= 4 is 40.1 Å². The van der Waals surface area contributed by atoms with Gasteiger partial charge in [-0.1, -0.05) is 30.3 Å². The monoisotopic (exact) mass is 731 g/mol. The SMILES string of the molecule is CN1CCN(Cc2ccc(C(=O)Cl)cc2)CC1.CN1CCN(Cc2ccc(C(=O)Nc3cccc(Nc4nccc(-c5cccnc5)n4)c3)cc2)CC1. The third kappa shape index (κ3) is 11.5. The van der Waals surface area contributed by atoms with Crippen LogP contribution in [0.1, 0.15) is 31.8 Å². The zero-order valence-corrected chi connectivity index (χ0v) is 31.0. The lowest BCUT2D eigenvalue weighted by atomic mass is 10.1. The maximum absolute atomic E-state index is 12.8. The first-order chi connectivity index (χ1) is 25.8. The van der Waals surface area contributed by atoms with E-state index in [1.165, 1.54) is 11.1 Å². The van der Waals surface area contributed by atoms with Crippen molar-refractivity contribution in [3.8, 4) is 11.3 Å². The predicted octanol–water partition coefficient (Wildman–Crippen LogP) is 6.09. The highest BCUT2D eigenvalue weighted by molar-refractivity contribution is 6.67. The van der Waals surface area contributed by atoms with Crippen molar-refractivity contribution in [3.63, 3.8) is 0 Å². The minimum atomic E-state index is -0.392. The number of carbonyl (C=O) groups excluding carboxylic acids is 2. The molecule has 2 aliphatic rings. The van der Waals surface area contributed by atoms with Crippen LogP contribution in [0.4, 0.5) is 17.3 Å². The predicted molar refractivity (Wildman–Crippen MR) is 212 cm³/mol. The first-order valence-corrected chi connectivity index (χ1v) is 18.3. The van der Waals surface area contributed by atoms with Crippen molar-refractivity contribution in [2.75, 3.05) is 77.1 Å². The molecule has 2 aromatic heterocycles. The summed E-state index contributed by atoms with van der Waals surface area (Å²) >= 11 is 5.41. The van der Waals surface area contributed by atoms with E-state index in [9.17, 15) is 9.59 Å². The summed E-state index contributed by atoms with van der Waals surface area (Å²) in [7, 11) is 4.31. The number of halogens is 1. The fraction of sp³-hybridized carbons (Fsp3) is 0.293. The van der Waals surface area contributed by atoms with Crippen LogP contribution in [-0.2, 0) is 13.1 Å². The summed E-state index contributed by atoms with van der Waals surface area (Å²) in [5.41, 5.74) is 6.80. The first kappa shape index (κ1) is 37.7. The molecule has 12 heteroatoms. The van der Waals surface area contributed by atoms with Gasteiger partial charge in [-0.15, -0.1) is 0 Å². The Labute approximate surface area is 316 Å². The molecule has 4 heterocycles. The number of pyridine rings is 1. The number of piperazine rings is 2. The molecule has 2 saturated heterocycles. The molecule has 2 aliphatic heterocycles. The zero-order valence-electron chi connectivity index (χ0n) is 30.3. The Kier molecular flexibility index (Phi) is 13.3. The van der Waals surface area contributed by atoms with Gasteiger partial charge in [0.25, 0.3) is 11.1 Å². The van der Waals surface area contributed by atoms with E-state index < -0.39 is 5.24 Å². The molecule has 3 aromatic carbocycles. The maximum atomic E-state index is 12.8. The van der Waals surface area contributed by atoms with Gasteiger partial charge in [-0.25, -0.2) is 9.97 Å². The number of carbonyl (C=O) groups is 2. The first-order valence-electron chi connectivity index (χ1n) is 17.9. The molecule has 274 valence electrons. The van der Waals surface area contributed by atoms with Gasteiger partial charge < -0.3 is 20.4 Å². The normalized spacial score (nSPS) is 15.6. The molecule has 2 fully saturated rings. The van der Waals surface area contributed by atoms with Crippen LogP contribution in [0.15, 0.2) is 110 Å². The van der Waals surface area contributed by atoms with Crippen molar-refractivity contribution in [2.24, 2.45) is 0 Å². The average molecular weight is 732 g/mol. The van der Waals surface area contributed by atoms with Gasteiger partial charge in [0.05, 0.1) is 5.69 Å². The lowest BCUT2D eigenvalue weighted by Gasteiger charge is -2.32. The summed E-state index contributed by atoms with van der Waals surface area (Å²) < 4.78 is 0. The molecule has 5 aromatic rings. The summed E-state index contributed by atoms with van der Waals surface area (Å²) in [6.45, 7) is 10.6. The van der Waals surface area contributed by atoms with Crippen molar-refractivity contribution < 1.29 is 9.59 Å². The summed E-state index contributed by atoms with van der Waals surface area (Å²) in [4.78, 5) is 46.4. The van der Waals surface area contributed by atoms with Gasteiger partial charge >= 0.3 is 0 Å². The smallest absolute Gasteiger partial charge is 0.255 e. The van der Waals surface area contributed by atoms with Crippen LogP contribution in [0.5, 0.6) is 0 Å². The Morgan fingerprint density at radius 2 is 1.26 bits per heavy atom.